The van der Waals surface area contributed by atoms with Crippen molar-refractivity contribution in [1.82, 2.24) is 0 Å². The summed E-state index contributed by atoms with van der Waals surface area (Å²) in [6, 6.07) is 0. The number of methoxy groups -OCH3 is 1. The molecule has 0 saturated heterocycles. The summed E-state index contributed by atoms with van der Waals surface area (Å²) in [5.41, 5.74) is 0. The molecule has 60 valence electrons. The molecular weight excluding hydrogens is 392 g/mol. The monoisotopic (exact) mass is 398 g/mol. The summed E-state index contributed by atoms with van der Waals surface area (Å²) in [5.74, 6) is -0.159. The molecule has 0 aliphatic carbocycles. The van der Waals surface area contributed by atoms with Gasteiger partial charge in [0.1, 0.15) is 0 Å². The van der Waals surface area contributed by atoms with E-state index in [1.807, 2.05) is 0 Å². The van der Waals surface area contributed by atoms with Crippen LogP contribution in [0.5, 0.6) is 0 Å². The van der Waals surface area contributed by atoms with Crippen LogP contribution in [0.4, 0.5) is 0 Å². The van der Waals surface area contributed by atoms with Crippen LogP contribution in [-0.2, 0) is 9.53 Å². The van der Waals surface area contributed by atoms with E-state index in [2.05, 4.69) is 46.7 Å². The SMILES string of the molecule is COC(=O)C[CH2][Ge]([Br])([Br])[Br]. The third-order valence-electron chi connectivity index (χ3n) is 0.840. The third-order valence-corrected chi connectivity index (χ3v) is 8.74. The number of esters is 1. The van der Waals surface area contributed by atoms with Gasteiger partial charge in [-0.1, -0.05) is 0 Å². The van der Waals surface area contributed by atoms with Gasteiger partial charge < -0.3 is 0 Å². The van der Waals surface area contributed by atoms with E-state index in [0.717, 1.165) is 5.25 Å². The molecule has 0 heterocycles. The Labute approximate surface area is 83.3 Å². The molecule has 0 fully saturated rings. The van der Waals surface area contributed by atoms with Crippen LogP contribution in [0.1, 0.15) is 6.42 Å². The Bertz CT molecular complexity index is 122. The standard InChI is InChI=1S/C4H7Br3GeO2/c1-10-4(9)2-3-8(5,6)7/h2-3H2,1H3. The van der Waals surface area contributed by atoms with Crippen LogP contribution in [0.25, 0.3) is 0 Å². The topological polar surface area (TPSA) is 26.3 Å². The fourth-order valence-corrected chi connectivity index (χ4v) is 4.46. The van der Waals surface area contributed by atoms with E-state index in [4.69, 9.17) is 0 Å². The first kappa shape index (κ1) is 11.5. The number of hydrogen-bond acceptors (Lipinski definition) is 2. The van der Waals surface area contributed by atoms with E-state index in [9.17, 15) is 4.79 Å². The molecule has 0 spiro atoms. The summed E-state index contributed by atoms with van der Waals surface area (Å²) in [6.07, 6.45) is 0.470. The second kappa shape index (κ2) is 5.16. The van der Waals surface area contributed by atoms with Crippen LogP contribution < -0.4 is 0 Å². The van der Waals surface area contributed by atoms with Crippen LogP contribution in [-0.4, -0.2) is 20.8 Å². The van der Waals surface area contributed by atoms with Crippen molar-refractivity contribution in [1.29, 1.82) is 0 Å². The van der Waals surface area contributed by atoms with E-state index < -0.39 is 7.74 Å². The van der Waals surface area contributed by atoms with Gasteiger partial charge in [0.15, 0.2) is 0 Å². The van der Waals surface area contributed by atoms with Gasteiger partial charge in [0, 0.05) is 0 Å². The first-order chi connectivity index (χ1) is 4.45. The zero-order valence-electron chi connectivity index (χ0n) is 5.36. The number of carbonyl (C=O) groups is 1. The Morgan fingerprint density at radius 3 is 2.30 bits per heavy atom. The molecule has 0 amide bonds. The number of carbonyl (C=O) groups excluding carboxylic acids is 1. The van der Waals surface area contributed by atoms with Gasteiger partial charge in [-0.3, -0.25) is 0 Å². The van der Waals surface area contributed by atoms with E-state index >= 15 is 0 Å². The Morgan fingerprint density at radius 1 is 1.50 bits per heavy atom. The molecule has 0 atom stereocenters. The van der Waals surface area contributed by atoms with Gasteiger partial charge in [0.25, 0.3) is 0 Å². The Kier molecular flexibility index (Phi) is 5.91. The van der Waals surface area contributed by atoms with Gasteiger partial charge in [-0.05, 0) is 0 Å². The summed E-state index contributed by atoms with van der Waals surface area (Å²) >= 11 is 10.3. The maximum atomic E-state index is 10.6. The van der Waals surface area contributed by atoms with Gasteiger partial charge in [-0.2, -0.15) is 0 Å². The average molecular weight is 399 g/mol. The molecule has 0 saturated carbocycles. The van der Waals surface area contributed by atoms with E-state index in [1.165, 1.54) is 7.11 Å². The van der Waals surface area contributed by atoms with Crippen LogP contribution in [0, 0.1) is 0 Å². The van der Waals surface area contributed by atoms with E-state index in [1.54, 1.807) is 0 Å². The van der Waals surface area contributed by atoms with Crippen molar-refractivity contribution in [3.8, 4) is 0 Å². The minimum absolute atomic E-state index is 0.159. The molecule has 0 rings (SSSR count). The number of rotatable bonds is 3. The second-order valence-corrected chi connectivity index (χ2v) is 43.0. The number of hydrogen-bond donors (Lipinski definition) is 0. The van der Waals surface area contributed by atoms with E-state index in [0.29, 0.717) is 6.42 Å². The zero-order chi connectivity index (χ0) is 8.20. The van der Waals surface area contributed by atoms with Crippen LogP contribution >= 0.6 is 42.0 Å². The molecule has 0 unspecified atom stereocenters. The van der Waals surface area contributed by atoms with Gasteiger partial charge in [0.2, 0.25) is 0 Å². The summed E-state index contributed by atoms with van der Waals surface area (Å²) in [7, 11) is -0.647. The van der Waals surface area contributed by atoms with Crippen molar-refractivity contribution < 1.29 is 9.53 Å². The molecule has 0 aliphatic heterocycles. The fourth-order valence-electron chi connectivity index (χ4n) is 0.346. The number of halogens is 3. The number of ether oxygens (including phenoxy) is 1. The third kappa shape index (κ3) is 7.56. The molecule has 0 aromatic heterocycles. The van der Waals surface area contributed by atoms with Gasteiger partial charge >= 0.3 is 84.0 Å². The summed E-state index contributed by atoms with van der Waals surface area (Å²) < 4.78 is 4.47. The molecule has 0 aromatic carbocycles. The van der Waals surface area contributed by atoms with Crippen LogP contribution in [0.2, 0.25) is 5.25 Å². The van der Waals surface area contributed by atoms with Crippen molar-refractivity contribution in [2.45, 2.75) is 11.7 Å². The molecule has 0 bridgehead atoms. The Morgan fingerprint density at radius 2 is 2.00 bits per heavy atom. The van der Waals surface area contributed by atoms with Gasteiger partial charge in [-0.15, -0.1) is 0 Å². The average Bonchev–Trinajstić information content (AvgIpc) is 1.81. The summed E-state index contributed by atoms with van der Waals surface area (Å²) in [4.78, 5) is 10.6. The predicted molar refractivity (Wildman–Crippen MR) is 54.0 cm³/mol. The quantitative estimate of drug-likeness (QED) is 0.539. The molecule has 6 heteroatoms. The molecule has 10 heavy (non-hydrogen) atoms. The van der Waals surface area contributed by atoms with Crippen molar-refractivity contribution in [2.24, 2.45) is 0 Å². The fraction of sp³-hybridized carbons (Fsp3) is 0.750. The predicted octanol–water partition coefficient (Wildman–Crippen LogP) is 2.67. The van der Waals surface area contributed by atoms with E-state index in [-0.39, 0.29) is 5.97 Å². The summed E-state index contributed by atoms with van der Waals surface area (Å²) in [6.45, 7) is 0. The molecule has 0 radical (unpaired) electrons. The Balaban J connectivity index is 3.46. The first-order valence-corrected chi connectivity index (χ1v) is 18.8. The minimum atomic E-state index is -2.04. The van der Waals surface area contributed by atoms with Crippen molar-refractivity contribution in [3.63, 3.8) is 0 Å². The van der Waals surface area contributed by atoms with Crippen LogP contribution in [0.15, 0.2) is 0 Å². The normalized spacial score (nSPS) is 11.2. The van der Waals surface area contributed by atoms with Crippen molar-refractivity contribution in [2.75, 3.05) is 7.11 Å². The Hall–Kier alpha value is 1.45. The van der Waals surface area contributed by atoms with Gasteiger partial charge in [-0.25, -0.2) is 0 Å². The molecule has 2 nitrogen and oxygen atoms in total. The summed E-state index contributed by atoms with van der Waals surface area (Å²) in [5, 5.41) is 0.826. The van der Waals surface area contributed by atoms with Crippen molar-refractivity contribution >= 4 is 55.7 Å². The molecule has 0 aliphatic rings. The molecular formula is C4H7Br3GeO2. The maximum absolute atomic E-state index is 10.6. The molecule has 0 aromatic rings. The van der Waals surface area contributed by atoms with Crippen LogP contribution in [0.3, 0.4) is 0 Å². The molecule has 0 N–H and O–H groups in total. The van der Waals surface area contributed by atoms with Gasteiger partial charge in [0.05, 0.1) is 0 Å². The first-order valence-electron chi connectivity index (χ1n) is 2.59. The van der Waals surface area contributed by atoms with Crippen molar-refractivity contribution in [3.05, 3.63) is 0 Å². The second-order valence-electron chi connectivity index (χ2n) is 1.69. The zero-order valence-corrected chi connectivity index (χ0v) is 12.2.